The molecule has 0 spiro atoms. The van der Waals surface area contributed by atoms with E-state index >= 15 is 0 Å². The average molecular weight is 559 g/mol. The van der Waals surface area contributed by atoms with Gasteiger partial charge in [0.1, 0.15) is 6.10 Å². The lowest BCUT2D eigenvalue weighted by Gasteiger charge is -2.19. The summed E-state index contributed by atoms with van der Waals surface area (Å²) >= 11 is 0. The smallest absolute Gasteiger partial charge is 0.203 e. The zero-order chi connectivity index (χ0) is 22.6. The highest BCUT2D eigenvalue weighted by Crippen LogP contribution is 2.39. The molecule has 8 nitrogen and oxygen atoms in total. The van der Waals surface area contributed by atoms with Crippen molar-refractivity contribution in [1.29, 1.82) is 0 Å². The Morgan fingerprint density at radius 2 is 1.50 bits per heavy atom. The highest BCUT2D eigenvalue weighted by molar-refractivity contribution is 14.0. The minimum Gasteiger partial charge on any atom is -0.493 e. The predicted octanol–water partition coefficient (Wildman–Crippen LogP) is 3.86. The van der Waals surface area contributed by atoms with Crippen molar-refractivity contribution >= 4 is 29.9 Å². The number of hydrogen-bond donors (Lipinski definition) is 2. The molecule has 2 rings (SSSR count). The molecule has 1 atom stereocenters. The third-order valence-electron chi connectivity index (χ3n) is 4.49. The van der Waals surface area contributed by atoms with Gasteiger partial charge >= 0.3 is 0 Å². The molecule has 0 aliphatic heterocycles. The second-order valence-electron chi connectivity index (χ2n) is 6.65. The molecule has 0 aromatic heterocycles. The van der Waals surface area contributed by atoms with Gasteiger partial charge in [-0.2, -0.15) is 0 Å². The van der Waals surface area contributed by atoms with E-state index < -0.39 is 0 Å². The summed E-state index contributed by atoms with van der Waals surface area (Å²) in [6, 6.07) is 11.3. The van der Waals surface area contributed by atoms with E-state index in [1.165, 1.54) is 0 Å². The van der Waals surface area contributed by atoms with Gasteiger partial charge in [0.15, 0.2) is 29.0 Å². The Hall–Kier alpha value is -2.56. The predicted molar refractivity (Wildman–Crippen MR) is 137 cm³/mol. The monoisotopic (exact) mass is 559 g/mol. The van der Waals surface area contributed by atoms with E-state index in [9.17, 15) is 0 Å². The fourth-order valence-corrected chi connectivity index (χ4v) is 3.01. The van der Waals surface area contributed by atoms with Crippen molar-refractivity contribution < 1.29 is 23.7 Å². The molecule has 0 saturated carbocycles. The first-order valence-corrected chi connectivity index (χ1v) is 10.2. The summed E-state index contributed by atoms with van der Waals surface area (Å²) in [5.74, 6) is 3.85. The number of nitrogens with one attached hydrogen (secondary N) is 2. The molecular formula is C23H34IN3O5. The van der Waals surface area contributed by atoms with Crippen molar-refractivity contribution in [1.82, 2.24) is 10.6 Å². The molecule has 9 heteroatoms. The van der Waals surface area contributed by atoms with Gasteiger partial charge in [0, 0.05) is 12.1 Å². The molecule has 178 valence electrons. The maximum Gasteiger partial charge on any atom is 0.203 e. The molecule has 0 bridgehead atoms. The first-order chi connectivity index (χ1) is 15.1. The fraction of sp³-hybridized carbons (Fsp3) is 0.435. The van der Waals surface area contributed by atoms with Crippen LogP contribution in [0.15, 0.2) is 41.4 Å². The second-order valence-corrected chi connectivity index (χ2v) is 6.65. The van der Waals surface area contributed by atoms with E-state index in [4.69, 9.17) is 23.7 Å². The Morgan fingerprint density at radius 3 is 2.09 bits per heavy atom. The van der Waals surface area contributed by atoms with Gasteiger partial charge in [0.25, 0.3) is 0 Å². The Balaban J connectivity index is 0.00000512. The third kappa shape index (κ3) is 7.54. The summed E-state index contributed by atoms with van der Waals surface area (Å²) in [6.45, 7) is 5.70. The van der Waals surface area contributed by atoms with Crippen molar-refractivity contribution in [3.8, 4) is 28.7 Å². The van der Waals surface area contributed by atoms with Gasteiger partial charge in [-0.1, -0.05) is 12.1 Å². The minimum atomic E-state index is -0.101. The lowest BCUT2D eigenvalue weighted by atomic mass is 10.1. The molecule has 2 N–H and O–H groups in total. The maximum absolute atomic E-state index is 6.00. The molecule has 0 heterocycles. The van der Waals surface area contributed by atoms with Gasteiger partial charge in [0.2, 0.25) is 5.75 Å². The Kier molecular flexibility index (Phi) is 12.4. The first-order valence-electron chi connectivity index (χ1n) is 10.2. The highest BCUT2D eigenvalue weighted by atomic mass is 127. The largest absolute Gasteiger partial charge is 0.493 e. The quantitative estimate of drug-likeness (QED) is 0.246. The molecule has 2 aromatic carbocycles. The van der Waals surface area contributed by atoms with Gasteiger partial charge in [-0.3, -0.25) is 0 Å². The number of hydrogen-bond acceptors (Lipinski definition) is 6. The molecule has 0 fully saturated rings. The van der Waals surface area contributed by atoms with E-state index in [0.717, 1.165) is 12.1 Å². The highest BCUT2D eigenvalue weighted by Gasteiger charge is 2.16. The van der Waals surface area contributed by atoms with Crippen molar-refractivity contribution in [2.75, 3.05) is 41.5 Å². The Labute approximate surface area is 207 Å². The van der Waals surface area contributed by atoms with Crippen LogP contribution in [0.2, 0.25) is 0 Å². The number of ether oxygens (including phenoxy) is 5. The van der Waals surface area contributed by atoms with Crippen LogP contribution >= 0.6 is 24.0 Å². The van der Waals surface area contributed by atoms with Crippen molar-refractivity contribution in [2.45, 2.75) is 26.5 Å². The number of para-hydroxylation sites is 2. The first kappa shape index (κ1) is 27.5. The summed E-state index contributed by atoms with van der Waals surface area (Å²) in [7, 11) is 6.41. The lowest BCUT2D eigenvalue weighted by Crippen LogP contribution is -2.41. The summed E-state index contributed by atoms with van der Waals surface area (Å²) in [4.78, 5) is 4.67. The molecule has 0 saturated heterocycles. The van der Waals surface area contributed by atoms with Crippen LogP contribution in [0.5, 0.6) is 28.7 Å². The number of rotatable bonds is 11. The second kappa shape index (κ2) is 14.5. The van der Waals surface area contributed by atoms with Crippen LogP contribution in [0, 0.1) is 0 Å². The topological polar surface area (TPSA) is 82.6 Å². The number of benzene rings is 2. The van der Waals surface area contributed by atoms with Crippen LogP contribution < -0.4 is 34.3 Å². The van der Waals surface area contributed by atoms with Crippen molar-refractivity contribution in [3.05, 3.63) is 42.0 Å². The fourth-order valence-electron chi connectivity index (χ4n) is 3.01. The molecule has 2 aromatic rings. The molecule has 0 aliphatic carbocycles. The Bertz CT molecular complexity index is 864. The molecule has 0 aliphatic rings. The molecule has 0 radical (unpaired) electrons. The summed E-state index contributed by atoms with van der Waals surface area (Å²) in [5, 5.41) is 6.56. The zero-order valence-corrected chi connectivity index (χ0v) is 21.9. The van der Waals surface area contributed by atoms with E-state index in [2.05, 4.69) is 15.6 Å². The van der Waals surface area contributed by atoms with E-state index in [-0.39, 0.29) is 30.1 Å². The number of aliphatic imine (C=N–C) groups is 1. The van der Waals surface area contributed by atoms with E-state index in [0.29, 0.717) is 47.8 Å². The normalized spacial score (nSPS) is 11.6. The molecule has 1 unspecified atom stereocenters. The van der Waals surface area contributed by atoms with Crippen LogP contribution in [0.1, 0.15) is 19.4 Å². The standard InChI is InChI=1S/C23H33N3O5.HI/c1-7-24-23(25-14-16(2)31-19-11-9-8-10-18(19)27-3)26-15-17-12-13-20(28-4)22(30-6)21(17)29-5;/h8-13,16H,7,14-15H2,1-6H3,(H2,24,25,26);1H. The van der Waals surface area contributed by atoms with Crippen LogP contribution in [-0.2, 0) is 6.54 Å². The van der Waals surface area contributed by atoms with Crippen LogP contribution in [0.3, 0.4) is 0 Å². The molecular weight excluding hydrogens is 525 g/mol. The van der Waals surface area contributed by atoms with E-state index in [1.54, 1.807) is 28.4 Å². The van der Waals surface area contributed by atoms with Gasteiger partial charge in [-0.05, 0) is 38.1 Å². The SMILES string of the molecule is CCNC(=NCc1ccc(OC)c(OC)c1OC)NCC(C)Oc1ccccc1OC.I. The van der Waals surface area contributed by atoms with Crippen molar-refractivity contribution in [2.24, 2.45) is 4.99 Å². The van der Waals surface area contributed by atoms with Gasteiger partial charge in [0.05, 0.1) is 41.5 Å². The van der Waals surface area contributed by atoms with Gasteiger partial charge in [-0.15, -0.1) is 24.0 Å². The summed E-state index contributed by atoms with van der Waals surface area (Å²) in [6.07, 6.45) is -0.101. The average Bonchev–Trinajstić information content (AvgIpc) is 2.80. The molecule has 0 amide bonds. The lowest BCUT2D eigenvalue weighted by molar-refractivity contribution is 0.213. The Morgan fingerprint density at radius 1 is 0.844 bits per heavy atom. The number of methoxy groups -OCH3 is 4. The summed E-state index contributed by atoms with van der Waals surface area (Å²) in [5.41, 5.74) is 0.885. The van der Waals surface area contributed by atoms with Gasteiger partial charge < -0.3 is 34.3 Å². The van der Waals surface area contributed by atoms with Crippen LogP contribution in [0.25, 0.3) is 0 Å². The molecule has 32 heavy (non-hydrogen) atoms. The maximum atomic E-state index is 6.00. The van der Waals surface area contributed by atoms with Crippen LogP contribution in [-0.4, -0.2) is 53.6 Å². The third-order valence-corrected chi connectivity index (χ3v) is 4.49. The van der Waals surface area contributed by atoms with Crippen LogP contribution in [0.4, 0.5) is 0 Å². The number of nitrogens with zero attached hydrogens (tertiary/aromatic N) is 1. The minimum absolute atomic E-state index is 0. The van der Waals surface area contributed by atoms with Crippen molar-refractivity contribution in [3.63, 3.8) is 0 Å². The summed E-state index contributed by atoms with van der Waals surface area (Å²) < 4.78 is 27.7. The number of halogens is 1. The van der Waals surface area contributed by atoms with E-state index in [1.807, 2.05) is 50.2 Å². The van der Waals surface area contributed by atoms with Gasteiger partial charge in [-0.25, -0.2) is 4.99 Å². The number of guanidine groups is 1. The zero-order valence-electron chi connectivity index (χ0n) is 19.6.